The molecule has 0 aliphatic carbocycles. The van der Waals surface area contributed by atoms with Crippen LogP contribution >= 0.6 is 0 Å². The summed E-state index contributed by atoms with van der Waals surface area (Å²) in [6.45, 7) is 8.25. The largest absolute Gasteiger partial charge is 0.268 e. The molecule has 142 valence electrons. The van der Waals surface area contributed by atoms with Gasteiger partial charge in [0.25, 0.3) is 0 Å². The minimum atomic E-state index is 0.178. The van der Waals surface area contributed by atoms with E-state index in [-0.39, 0.29) is 5.41 Å². The van der Waals surface area contributed by atoms with E-state index in [1.165, 1.54) is 16.7 Å². The Kier molecular flexibility index (Phi) is 4.86. The fourth-order valence-corrected chi connectivity index (χ4v) is 3.27. The predicted molar refractivity (Wildman–Crippen MR) is 113 cm³/mol. The van der Waals surface area contributed by atoms with Crippen molar-refractivity contribution in [2.45, 2.75) is 39.3 Å². The van der Waals surface area contributed by atoms with Crippen molar-refractivity contribution in [3.63, 3.8) is 0 Å². The maximum atomic E-state index is 4.53. The quantitative estimate of drug-likeness (QED) is 0.487. The number of nitrogens with zero attached hydrogens (tertiary/aromatic N) is 4. The molecule has 4 heteroatoms. The van der Waals surface area contributed by atoms with Crippen LogP contribution in [0.1, 0.15) is 37.5 Å². The van der Waals surface area contributed by atoms with Gasteiger partial charge < -0.3 is 0 Å². The molecular formula is C24H26N4. The Hall–Kier alpha value is -3.14. The van der Waals surface area contributed by atoms with Gasteiger partial charge in [-0.2, -0.15) is 10.2 Å². The minimum absolute atomic E-state index is 0.178. The van der Waals surface area contributed by atoms with Gasteiger partial charge in [0.15, 0.2) is 0 Å². The van der Waals surface area contributed by atoms with Crippen LogP contribution in [0, 0.1) is 0 Å². The Morgan fingerprint density at radius 3 is 1.68 bits per heavy atom. The molecule has 0 unspecified atom stereocenters. The van der Waals surface area contributed by atoms with Gasteiger partial charge in [-0.1, -0.05) is 75.4 Å². The second-order valence-corrected chi connectivity index (χ2v) is 8.29. The fourth-order valence-electron chi connectivity index (χ4n) is 3.27. The van der Waals surface area contributed by atoms with Gasteiger partial charge in [-0.05, 0) is 22.1 Å². The van der Waals surface area contributed by atoms with Crippen LogP contribution in [0.3, 0.4) is 0 Å². The summed E-state index contributed by atoms with van der Waals surface area (Å²) in [4.78, 5) is 0. The molecule has 0 saturated heterocycles. The molecule has 0 N–H and O–H groups in total. The van der Waals surface area contributed by atoms with Gasteiger partial charge in [-0.25, -0.2) is 0 Å². The molecule has 0 aliphatic rings. The van der Waals surface area contributed by atoms with Crippen LogP contribution in [0.15, 0.2) is 79.4 Å². The van der Waals surface area contributed by atoms with Gasteiger partial charge in [-0.3, -0.25) is 9.36 Å². The maximum Gasteiger partial charge on any atom is 0.0659 e. The third-order valence-electron chi connectivity index (χ3n) is 4.95. The second kappa shape index (κ2) is 7.47. The lowest BCUT2D eigenvalue weighted by Crippen LogP contribution is -2.11. The number of benzene rings is 2. The van der Waals surface area contributed by atoms with Crippen molar-refractivity contribution >= 4 is 0 Å². The Labute approximate surface area is 166 Å². The monoisotopic (exact) mass is 370 g/mol. The molecule has 0 amide bonds. The van der Waals surface area contributed by atoms with Crippen molar-refractivity contribution in [3.05, 3.63) is 96.1 Å². The first-order valence-electron chi connectivity index (χ1n) is 9.66. The first-order valence-corrected chi connectivity index (χ1v) is 9.66. The molecule has 0 bridgehead atoms. The highest BCUT2D eigenvalue weighted by atomic mass is 15.3. The minimum Gasteiger partial charge on any atom is -0.268 e. The van der Waals surface area contributed by atoms with Crippen LogP contribution < -0.4 is 0 Å². The Morgan fingerprint density at radius 2 is 1.18 bits per heavy atom. The summed E-state index contributed by atoms with van der Waals surface area (Å²) in [5, 5.41) is 9.03. The van der Waals surface area contributed by atoms with Crippen molar-refractivity contribution in [2.24, 2.45) is 0 Å². The van der Waals surface area contributed by atoms with Crippen LogP contribution in [-0.4, -0.2) is 19.6 Å². The summed E-state index contributed by atoms with van der Waals surface area (Å²) >= 11 is 0. The standard InChI is InChI=1S/C24H26N4/c1-24(2,3)23-11-9-20(10-12-23)16-28-18-22(14-26-28)21-13-25-27(17-21)15-19-7-5-4-6-8-19/h4-14,17-18H,15-16H2,1-3H3. The van der Waals surface area contributed by atoms with Gasteiger partial charge in [0.2, 0.25) is 0 Å². The molecule has 0 spiro atoms. The van der Waals surface area contributed by atoms with Crippen LogP contribution in [0.25, 0.3) is 11.1 Å². The van der Waals surface area contributed by atoms with Crippen molar-refractivity contribution in [1.29, 1.82) is 0 Å². The van der Waals surface area contributed by atoms with E-state index in [0.29, 0.717) is 0 Å². The zero-order valence-corrected chi connectivity index (χ0v) is 16.7. The van der Waals surface area contributed by atoms with E-state index in [2.05, 4.69) is 91.9 Å². The molecule has 2 aromatic carbocycles. The van der Waals surface area contributed by atoms with Crippen molar-refractivity contribution in [2.75, 3.05) is 0 Å². The Balaban J connectivity index is 1.44. The summed E-state index contributed by atoms with van der Waals surface area (Å²) < 4.78 is 3.95. The number of rotatable bonds is 5. The molecule has 4 nitrogen and oxygen atoms in total. The van der Waals surface area contributed by atoms with Crippen LogP contribution in [0.2, 0.25) is 0 Å². The lowest BCUT2D eigenvalue weighted by atomic mass is 9.87. The molecule has 0 fully saturated rings. The summed E-state index contributed by atoms with van der Waals surface area (Å²) in [6, 6.07) is 19.2. The summed E-state index contributed by atoms with van der Waals surface area (Å²) in [5.41, 5.74) is 6.20. The SMILES string of the molecule is CC(C)(C)c1ccc(Cn2cc(-c3cnn(Cc4ccccc4)c3)cn2)cc1. The first-order chi connectivity index (χ1) is 13.5. The van der Waals surface area contributed by atoms with Gasteiger partial charge in [0.05, 0.1) is 25.5 Å². The highest BCUT2D eigenvalue weighted by molar-refractivity contribution is 5.59. The van der Waals surface area contributed by atoms with Gasteiger partial charge in [-0.15, -0.1) is 0 Å². The van der Waals surface area contributed by atoms with Crippen molar-refractivity contribution in [1.82, 2.24) is 19.6 Å². The van der Waals surface area contributed by atoms with Crippen LogP contribution in [0.5, 0.6) is 0 Å². The summed E-state index contributed by atoms with van der Waals surface area (Å²) in [7, 11) is 0. The normalized spacial score (nSPS) is 11.7. The lowest BCUT2D eigenvalue weighted by Gasteiger charge is -2.19. The Bertz CT molecular complexity index is 1030. The zero-order valence-electron chi connectivity index (χ0n) is 16.7. The Morgan fingerprint density at radius 1 is 0.679 bits per heavy atom. The third kappa shape index (κ3) is 4.22. The molecule has 0 radical (unpaired) electrons. The molecule has 0 atom stereocenters. The van der Waals surface area contributed by atoms with Crippen molar-refractivity contribution in [3.8, 4) is 11.1 Å². The molecule has 0 aliphatic heterocycles. The van der Waals surface area contributed by atoms with Gasteiger partial charge >= 0.3 is 0 Å². The molecule has 2 aromatic heterocycles. The lowest BCUT2D eigenvalue weighted by molar-refractivity contribution is 0.589. The molecular weight excluding hydrogens is 344 g/mol. The molecule has 0 saturated carbocycles. The fraction of sp³-hybridized carbons (Fsp3) is 0.250. The van der Waals surface area contributed by atoms with Gasteiger partial charge in [0.1, 0.15) is 0 Å². The van der Waals surface area contributed by atoms with Crippen molar-refractivity contribution < 1.29 is 0 Å². The van der Waals surface area contributed by atoms with Crippen LogP contribution in [0.4, 0.5) is 0 Å². The van der Waals surface area contributed by atoms with E-state index in [1.54, 1.807) is 0 Å². The average molecular weight is 370 g/mol. The number of hydrogen-bond donors (Lipinski definition) is 0. The number of hydrogen-bond acceptors (Lipinski definition) is 2. The smallest absolute Gasteiger partial charge is 0.0659 e. The average Bonchev–Trinajstić information content (AvgIpc) is 3.32. The molecule has 2 heterocycles. The summed E-state index contributed by atoms with van der Waals surface area (Å²) in [5.74, 6) is 0. The topological polar surface area (TPSA) is 35.6 Å². The molecule has 4 rings (SSSR count). The number of aromatic nitrogens is 4. The second-order valence-electron chi connectivity index (χ2n) is 8.29. The molecule has 28 heavy (non-hydrogen) atoms. The van der Waals surface area contributed by atoms with E-state index in [1.807, 2.05) is 27.8 Å². The summed E-state index contributed by atoms with van der Waals surface area (Å²) in [6.07, 6.45) is 7.98. The van der Waals surface area contributed by atoms with E-state index < -0.39 is 0 Å². The first kappa shape index (κ1) is 18.2. The third-order valence-corrected chi connectivity index (χ3v) is 4.95. The molecule has 4 aromatic rings. The maximum absolute atomic E-state index is 4.53. The van der Waals surface area contributed by atoms with Crippen LogP contribution in [-0.2, 0) is 18.5 Å². The van der Waals surface area contributed by atoms with Gasteiger partial charge in [0, 0.05) is 23.5 Å². The highest BCUT2D eigenvalue weighted by Crippen LogP contribution is 2.23. The zero-order chi connectivity index (χ0) is 19.6. The van der Waals surface area contributed by atoms with E-state index >= 15 is 0 Å². The predicted octanol–water partition coefficient (Wildman–Crippen LogP) is 5.14. The highest BCUT2D eigenvalue weighted by Gasteiger charge is 2.13. The van der Waals surface area contributed by atoms with E-state index in [0.717, 1.165) is 24.2 Å². The van der Waals surface area contributed by atoms with E-state index in [4.69, 9.17) is 0 Å². The van der Waals surface area contributed by atoms with E-state index in [9.17, 15) is 0 Å².